The minimum absolute atomic E-state index is 0.0172. The van der Waals surface area contributed by atoms with Crippen LogP contribution in [0.15, 0.2) is 53.8 Å². The van der Waals surface area contributed by atoms with E-state index in [9.17, 15) is 9.18 Å². The van der Waals surface area contributed by atoms with Crippen molar-refractivity contribution in [2.24, 2.45) is 11.1 Å². The lowest BCUT2D eigenvalue weighted by Gasteiger charge is -2.42. The SMILES string of the molecule is C=C(c1cccc(OC)c1F)c1n[nH]c2nc(N3CCC4(CC3)Cc3ccccc3[C@H]4N)[nH]c(=O)c12. The fourth-order valence-corrected chi connectivity index (χ4v) is 5.79. The van der Waals surface area contributed by atoms with Crippen molar-refractivity contribution in [3.05, 3.63) is 87.6 Å². The van der Waals surface area contributed by atoms with Crippen molar-refractivity contribution in [2.75, 3.05) is 25.1 Å². The maximum atomic E-state index is 14.8. The average Bonchev–Trinajstić information content (AvgIpc) is 3.44. The number of anilines is 1. The lowest BCUT2D eigenvalue weighted by molar-refractivity contribution is 0.187. The molecule has 6 rings (SSSR count). The molecule has 2 aliphatic rings. The van der Waals surface area contributed by atoms with E-state index in [0.29, 0.717) is 11.6 Å². The molecule has 8 nitrogen and oxygen atoms in total. The fourth-order valence-electron chi connectivity index (χ4n) is 5.79. The molecule has 9 heteroatoms. The maximum absolute atomic E-state index is 14.8. The van der Waals surface area contributed by atoms with Gasteiger partial charge >= 0.3 is 0 Å². The predicted octanol–water partition coefficient (Wildman–Crippen LogP) is 3.70. The molecule has 0 bridgehead atoms. The number of nitrogens with zero attached hydrogens (tertiary/aromatic N) is 3. The topological polar surface area (TPSA) is 113 Å². The summed E-state index contributed by atoms with van der Waals surface area (Å²) in [5.41, 5.74) is 10.0. The Labute approximate surface area is 207 Å². The van der Waals surface area contributed by atoms with Crippen molar-refractivity contribution in [1.29, 1.82) is 0 Å². The van der Waals surface area contributed by atoms with Crippen LogP contribution in [0.4, 0.5) is 10.3 Å². The second kappa shape index (κ2) is 8.30. The summed E-state index contributed by atoms with van der Waals surface area (Å²) in [7, 11) is 1.40. The molecular weight excluding hydrogens is 459 g/mol. The summed E-state index contributed by atoms with van der Waals surface area (Å²) in [4.78, 5) is 22.8. The van der Waals surface area contributed by atoms with Gasteiger partial charge < -0.3 is 15.4 Å². The summed E-state index contributed by atoms with van der Waals surface area (Å²) in [6.45, 7) is 5.46. The molecule has 0 saturated carbocycles. The van der Waals surface area contributed by atoms with Gasteiger partial charge in [0, 0.05) is 30.3 Å². The summed E-state index contributed by atoms with van der Waals surface area (Å²) in [5, 5.41) is 7.33. The Hall–Kier alpha value is -3.98. The third-order valence-corrected chi connectivity index (χ3v) is 7.86. The molecule has 2 aromatic carbocycles. The average molecular weight is 487 g/mol. The number of ether oxygens (including phenoxy) is 1. The van der Waals surface area contributed by atoms with Crippen LogP contribution in [0, 0.1) is 11.2 Å². The Balaban J connectivity index is 1.27. The van der Waals surface area contributed by atoms with Crippen LogP contribution in [0.1, 0.15) is 41.3 Å². The Bertz CT molecular complexity index is 1550. The van der Waals surface area contributed by atoms with Crippen LogP contribution < -0.4 is 20.9 Å². The van der Waals surface area contributed by atoms with E-state index in [-0.39, 0.29) is 45.0 Å². The number of H-pyrrole nitrogens is 2. The smallest absolute Gasteiger partial charge is 0.264 e. The number of methoxy groups -OCH3 is 1. The van der Waals surface area contributed by atoms with Gasteiger partial charge in [-0.2, -0.15) is 10.1 Å². The minimum atomic E-state index is -0.559. The Morgan fingerprint density at radius 1 is 1.22 bits per heavy atom. The second-order valence-electron chi connectivity index (χ2n) is 9.69. The number of benzene rings is 2. The molecule has 1 aliphatic carbocycles. The Kier molecular flexibility index (Phi) is 5.19. The van der Waals surface area contributed by atoms with E-state index in [1.54, 1.807) is 12.1 Å². The van der Waals surface area contributed by atoms with Gasteiger partial charge in [0.2, 0.25) is 5.95 Å². The first kappa shape index (κ1) is 22.5. The highest BCUT2D eigenvalue weighted by Crippen LogP contribution is 2.50. The Morgan fingerprint density at radius 2 is 2.00 bits per heavy atom. The molecule has 36 heavy (non-hydrogen) atoms. The normalized spacial score (nSPS) is 18.5. The largest absolute Gasteiger partial charge is 0.494 e. The number of aromatic nitrogens is 4. The first-order valence-corrected chi connectivity index (χ1v) is 12.0. The third-order valence-electron chi connectivity index (χ3n) is 7.86. The van der Waals surface area contributed by atoms with E-state index in [2.05, 4.69) is 49.8 Å². The molecule has 1 fully saturated rings. The van der Waals surface area contributed by atoms with Crippen LogP contribution >= 0.6 is 0 Å². The second-order valence-corrected chi connectivity index (χ2v) is 9.69. The highest BCUT2D eigenvalue weighted by Gasteiger charge is 2.46. The number of nitrogens with two attached hydrogens (primary N) is 1. The van der Waals surface area contributed by atoms with E-state index in [0.717, 1.165) is 32.4 Å². The standard InChI is InChI=1S/C27H27FN6O2/c1-15(17-8-5-9-19(36-2)21(17)28)22-20-24(33-32-22)30-26(31-25(20)35)34-12-10-27(11-13-34)14-16-6-3-4-7-18(16)23(27)29/h3-9,23H,1,10-14,29H2,2H3,(H2,30,31,32,33,35)/t23-/m1/s1. The van der Waals surface area contributed by atoms with Crippen molar-refractivity contribution < 1.29 is 9.13 Å². The van der Waals surface area contributed by atoms with Crippen LogP contribution in [-0.2, 0) is 6.42 Å². The van der Waals surface area contributed by atoms with Gasteiger partial charge in [-0.1, -0.05) is 43.0 Å². The summed E-state index contributed by atoms with van der Waals surface area (Å²) in [5.74, 6) is 0.0206. The molecule has 0 radical (unpaired) electrons. The third kappa shape index (κ3) is 3.34. The zero-order valence-corrected chi connectivity index (χ0v) is 20.0. The van der Waals surface area contributed by atoms with Crippen LogP contribution in [0.2, 0.25) is 0 Å². The number of rotatable bonds is 4. The lowest BCUT2D eigenvalue weighted by Crippen LogP contribution is -2.45. The van der Waals surface area contributed by atoms with Crippen LogP contribution in [-0.4, -0.2) is 40.4 Å². The molecule has 3 heterocycles. The zero-order valence-electron chi connectivity index (χ0n) is 20.0. The first-order valence-electron chi connectivity index (χ1n) is 12.0. The molecule has 0 unspecified atom stereocenters. The number of halogens is 1. The number of nitrogens with one attached hydrogen (secondary N) is 2. The number of aromatic amines is 2. The van der Waals surface area contributed by atoms with Crippen molar-refractivity contribution >= 4 is 22.6 Å². The molecule has 4 aromatic rings. The summed E-state index contributed by atoms with van der Waals surface area (Å²) >= 11 is 0. The van der Waals surface area contributed by atoms with Crippen molar-refractivity contribution in [2.45, 2.75) is 25.3 Å². The van der Waals surface area contributed by atoms with E-state index in [1.807, 2.05) is 6.07 Å². The molecule has 2 aromatic heterocycles. The van der Waals surface area contributed by atoms with Gasteiger partial charge in [0.1, 0.15) is 11.1 Å². The molecule has 4 N–H and O–H groups in total. The van der Waals surface area contributed by atoms with E-state index >= 15 is 0 Å². The molecule has 1 spiro atoms. The number of hydrogen-bond acceptors (Lipinski definition) is 6. The van der Waals surface area contributed by atoms with Crippen molar-refractivity contribution in [3.63, 3.8) is 0 Å². The van der Waals surface area contributed by atoms with Crippen LogP contribution in [0.3, 0.4) is 0 Å². The lowest BCUT2D eigenvalue weighted by atomic mass is 9.73. The quantitative estimate of drug-likeness (QED) is 0.406. The van der Waals surface area contributed by atoms with E-state index < -0.39 is 5.82 Å². The highest BCUT2D eigenvalue weighted by molar-refractivity contribution is 5.92. The van der Waals surface area contributed by atoms with E-state index in [4.69, 9.17) is 10.5 Å². The highest BCUT2D eigenvalue weighted by atomic mass is 19.1. The molecule has 1 aliphatic heterocycles. The van der Waals surface area contributed by atoms with Gasteiger partial charge in [-0.25, -0.2) is 4.39 Å². The van der Waals surface area contributed by atoms with E-state index in [1.165, 1.54) is 24.3 Å². The van der Waals surface area contributed by atoms with Crippen molar-refractivity contribution in [3.8, 4) is 5.75 Å². The summed E-state index contributed by atoms with van der Waals surface area (Å²) < 4.78 is 19.9. The van der Waals surface area contributed by atoms with Crippen LogP contribution in [0.5, 0.6) is 5.75 Å². The van der Waals surface area contributed by atoms with Crippen molar-refractivity contribution in [1.82, 2.24) is 20.2 Å². The molecule has 0 amide bonds. The van der Waals surface area contributed by atoms with Gasteiger partial charge in [0.25, 0.3) is 5.56 Å². The van der Waals surface area contributed by atoms with Gasteiger partial charge in [0.15, 0.2) is 17.2 Å². The first-order chi connectivity index (χ1) is 17.4. The molecule has 1 saturated heterocycles. The van der Waals surface area contributed by atoms with Gasteiger partial charge in [-0.15, -0.1) is 0 Å². The maximum Gasteiger partial charge on any atom is 0.264 e. The van der Waals surface area contributed by atoms with Gasteiger partial charge in [-0.3, -0.25) is 14.9 Å². The summed E-state index contributed by atoms with van der Waals surface area (Å²) in [6.07, 6.45) is 2.80. The predicted molar refractivity (Wildman–Crippen MR) is 137 cm³/mol. The van der Waals surface area contributed by atoms with Gasteiger partial charge in [-0.05, 0) is 41.9 Å². The molecule has 1 atom stereocenters. The monoisotopic (exact) mass is 486 g/mol. The number of fused-ring (bicyclic) bond motifs is 2. The summed E-state index contributed by atoms with van der Waals surface area (Å²) in [6, 6.07) is 13.2. The van der Waals surface area contributed by atoms with Gasteiger partial charge in [0.05, 0.1) is 7.11 Å². The minimum Gasteiger partial charge on any atom is -0.494 e. The number of hydrogen-bond donors (Lipinski definition) is 3. The zero-order chi connectivity index (χ0) is 25.0. The number of piperidine rings is 1. The van der Waals surface area contributed by atoms with Crippen LogP contribution in [0.25, 0.3) is 16.6 Å². The molecular formula is C27H27FN6O2. The Morgan fingerprint density at radius 3 is 2.75 bits per heavy atom. The molecule has 184 valence electrons. The fraction of sp³-hybridized carbons (Fsp3) is 0.296.